The van der Waals surface area contributed by atoms with E-state index in [1.54, 1.807) is 16.4 Å². The average Bonchev–Trinajstić information content (AvgIpc) is 3.04. The van der Waals surface area contributed by atoms with Gasteiger partial charge in [-0.25, -0.2) is 13.2 Å². The van der Waals surface area contributed by atoms with E-state index in [4.69, 9.17) is 9.15 Å². The summed E-state index contributed by atoms with van der Waals surface area (Å²) in [7, 11) is -3.63. The van der Waals surface area contributed by atoms with Gasteiger partial charge in [0.1, 0.15) is 0 Å². The van der Waals surface area contributed by atoms with Gasteiger partial charge in [0.2, 0.25) is 10.0 Å². The summed E-state index contributed by atoms with van der Waals surface area (Å²) in [5, 5.41) is 0. The van der Waals surface area contributed by atoms with Crippen LogP contribution in [0.4, 0.5) is 0 Å². The van der Waals surface area contributed by atoms with E-state index in [2.05, 4.69) is 4.90 Å². The molecule has 0 N–H and O–H groups in total. The Morgan fingerprint density at radius 3 is 2.66 bits per heavy atom. The van der Waals surface area contributed by atoms with Crippen LogP contribution in [0.3, 0.4) is 0 Å². The maximum absolute atomic E-state index is 13.3. The molecule has 0 radical (unpaired) electrons. The molecule has 0 saturated carbocycles. The number of fused-ring (bicyclic) bond motifs is 1. The number of hydrogen-bond donors (Lipinski definition) is 0. The number of piperidine rings is 1. The highest BCUT2D eigenvalue weighted by Gasteiger charge is 2.32. The van der Waals surface area contributed by atoms with Crippen LogP contribution >= 0.6 is 0 Å². The van der Waals surface area contributed by atoms with Crippen LogP contribution in [0, 0.1) is 5.92 Å². The Morgan fingerprint density at radius 2 is 1.93 bits per heavy atom. The Balaban J connectivity index is 1.55. The molecule has 29 heavy (non-hydrogen) atoms. The van der Waals surface area contributed by atoms with E-state index < -0.39 is 15.8 Å². The Hall–Kier alpha value is -1.68. The van der Waals surface area contributed by atoms with E-state index >= 15 is 0 Å². The topological polar surface area (TPSA) is 85.0 Å². The number of nitrogens with zero attached hydrogens (tertiary/aromatic N) is 3. The van der Waals surface area contributed by atoms with Crippen LogP contribution in [0.2, 0.25) is 0 Å². The molecule has 3 heterocycles. The third-order valence-electron chi connectivity index (χ3n) is 5.84. The maximum Gasteiger partial charge on any atom is 0.420 e. The molecule has 2 aliphatic heterocycles. The maximum atomic E-state index is 13.3. The first-order valence-corrected chi connectivity index (χ1v) is 11.8. The van der Waals surface area contributed by atoms with Crippen molar-refractivity contribution >= 4 is 21.1 Å². The summed E-state index contributed by atoms with van der Waals surface area (Å²) in [6.07, 6.45) is 1.89. The second kappa shape index (κ2) is 8.22. The van der Waals surface area contributed by atoms with Gasteiger partial charge in [-0.05, 0) is 44.7 Å². The number of sulfonamides is 1. The van der Waals surface area contributed by atoms with Gasteiger partial charge in [0.15, 0.2) is 5.58 Å². The SMILES string of the molecule is CC(C)n1c(=O)oc2cc(S(=O)(=O)N3CCC[C@H](CN4CCOCC4)C3)ccc21. The Labute approximate surface area is 171 Å². The van der Waals surface area contributed by atoms with Crippen LogP contribution in [0.25, 0.3) is 11.1 Å². The molecule has 0 spiro atoms. The number of hydrogen-bond acceptors (Lipinski definition) is 6. The van der Waals surface area contributed by atoms with Gasteiger partial charge in [0.25, 0.3) is 0 Å². The van der Waals surface area contributed by atoms with Crippen molar-refractivity contribution in [1.82, 2.24) is 13.8 Å². The molecule has 9 heteroatoms. The van der Waals surface area contributed by atoms with E-state index in [1.165, 1.54) is 10.6 Å². The highest BCUT2D eigenvalue weighted by molar-refractivity contribution is 7.89. The largest absolute Gasteiger partial charge is 0.420 e. The summed E-state index contributed by atoms with van der Waals surface area (Å²) in [6.45, 7) is 9.04. The third kappa shape index (κ3) is 4.14. The van der Waals surface area contributed by atoms with Crippen molar-refractivity contribution in [2.24, 2.45) is 5.92 Å². The molecule has 4 rings (SSSR count). The fraction of sp³-hybridized carbons (Fsp3) is 0.650. The number of ether oxygens (including phenoxy) is 1. The van der Waals surface area contributed by atoms with Crippen molar-refractivity contribution in [2.75, 3.05) is 45.9 Å². The quantitative estimate of drug-likeness (QED) is 0.730. The zero-order valence-electron chi connectivity index (χ0n) is 17.0. The predicted octanol–water partition coefficient (Wildman–Crippen LogP) is 1.91. The second-order valence-electron chi connectivity index (χ2n) is 8.25. The molecular formula is C20H29N3O5S. The molecule has 1 atom stereocenters. The molecular weight excluding hydrogens is 394 g/mol. The lowest BCUT2D eigenvalue weighted by Crippen LogP contribution is -2.46. The number of aromatic nitrogens is 1. The van der Waals surface area contributed by atoms with Crippen molar-refractivity contribution in [1.29, 1.82) is 0 Å². The van der Waals surface area contributed by atoms with Crippen LogP contribution in [-0.2, 0) is 14.8 Å². The van der Waals surface area contributed by atoms with Crippen molar-refractivity contribution in [3.8, 4) is 0 Å². The van der Waals surface area contributed by atoms with Gasteiger partial charge in [-0.3, -0.25) is 9.47 Å². The third-order valence-corrected chi connectivity index (χ3v) is 7.70. The fourth-order valence-electron chi connectivity index (χ4n) is 4.36. The number of oxazole rings is 1. The van der Waals surface area contributed by atoms with E-state index in [0.29, 0.717) is 30.1 Å². The molecule has 2 saturated heterocycles. The molecule has 2 fully saturated rings. The first-order valence-electron chi connectivity index (χ1n) is 10.3. The van der Waals surface area contributed by atoms with Crippen molar-refractivity contribution < 1.29 is 17.6 Å². The van der Waals surface area contributed by atoms with Gasteiger partial charge in [0.05, 0.1) is 23.6 Å². The molecule has 0 unspecified atom stereocenters. The minimum atomic E-state index is -3.63. The number of morpholine rings is 1. The zero-order valence-corrected chi connectivity index (χ0v) is 17.9. The molecule has 160 valence electrons. The summed E-state index contributed by atoms with van der Waals surface area (Å²) in [6, 6.07) is 4.67. The Kier molecular flexibility index (Phi) is 5.83. The summed E-state index contributed by atoms with van der Waals surface area (Å²) >= 11 is 0. The van der Waals surface area contributed by atoms with Gasteiger partial charge in [-0.1, -0.05) is 0 Å². The van der Waals surface area contributed by atoms with Crippen LogP contribution < -0.4 is 5.76 Å². The summed E-state index contributed by atoms with van der Waals surface area (Å²) < 4.78 is 40.3. The average molecular weight is 424 g/mol. The molecule has 1 aromatic carbocycles. The van der Waals surface area contributed by atoms with Crippen molar-refractivity contribution in [2.45, 2.75) is 37.6 Å². The molecule has 0 aliphatic carbocycles. The first-order chi connectivity index (χ1) is 13.9. The van der Waals surface area contributed by atoms with Crippen LogP contribution in [0.1, 0.15) is 32.7 Å². The molecule has 0 amide bonds. The van der Waals surface area contributed by atoms with Crippen molar-refractivity contribution in [3.63, 3.8) is 0 Å². The molecule has 0 bridgehead atoms. The smallest absolute Gasteiger partial charge is 0.408 e. The predicted molar refractivity (Wildman–Crippen MR) is 110 cm³/mol. The zero-order chi connectivity index (χ0) is 20.6. The Morgan fingerprint density at radius 1 is 1.17 bits per heavy atom. The lowest BCUT2D eigenvalue weighted by atomic mass is 9.99. The molecule has 1 aromatic heterocycles. The van der Waals surface area contributed by atoms with Gasteiger partial charge >= 0.3 is 5.76 Å². The van der Waals surface area contributed by atoms with E-state index in [0.717, 1.165) is 45.7 Å². The molecule has 2 aromatic rings. The van der Waals surface area contributed by atoms with Gasteiger partial charge < -0.3 is 9.15 Å². The number of rotatable bonds is 5. The standard InChI is InChI=1S/C20H29N3O5S/c1-15(2)23-18-6-5-17(12-19(18)28-20(23)24)29(25,26)22-7-3-4-16(14-22)13-21-8-10-27-11-9-21/h5-6,12,15-16H,3-4,7-11,13-14H2,1-2H3/t16-/m1/s1. The van der Waals surface area contributed by atoms with Gasteiger partial charge in [-0.2, -0.15) is 4.31 Å². The molecule has 2 aliphatic rings. The summed E-state index contributed by atoms with van der Waals surface area (Å²) in [4.78, 5) is 14.6. The minimum absolute atomic E-state index is 0.0609. The lowest BCUT2D eigenvalue weighted by Gasteiger charge is -2.36. The van der Waals surface area contributed by atoms with E-state index in [-0.39, 0.29) is 10.9 Å². The first kappa shape index (κ1) is 20.6. The van der Waals surface area contributed by atoms with Gasteiger partial charge in [0, 0.05) is 44.8 Å². The normalized spacial score (nSPS) is 22.5. The highest BCUT2D eigenvalue weighted by Crippen LogP contribution is 2.27. The highest BCUT2D eigenvalue weighted by atomic mass is 32.2. The van der Waals surface area contributed by atoms with E-state index in [9.17, 15) is 13.2 Å². The lowest BCUT2D eigenvalue weighted by molar-refractivity contribution is 0.0265. The van der Waals surface area contributed by atoms with Crippen LogP contribution in [-0.4, -0.2) is 68.1 Å². The number of benzene rings is 1. The monoisotopic (exact) mass is 423 g/mol. The van der Waals surface area contributed by atoms with Gasteiger partial charge in [-0.15, -0.1) is 0 Å². The van der Waals surface area contributed by atoms with Crippen LogP contribution in [0.15, 0.2) is 32.3 Å². The molecule has 8 nitrogen and oxygen atoms in total. The van der Waals surface area contributed by atoms with Crippen molar-refractivity contribution in [3.05, 3.63) is 28.7 Å². The summed E-state index contributed by atoms with van der Waals surface area (Å²) in [5.74, 6) is -0.145. The summed E-state index contributed by atoms with van der Waals surface area (Å²) in [5.41, 5.74) is 0.930. The minimum Gasteiger partial charge on any atom is -0.408 e. The Bertz CT molecular complexity index is 1020. The second-order valence-corrected chi connectivity index (χ2v) is 10.2. The van der Waals surface area contributed by atoms with E-state index in [1.807, 2.05) is 13.8 Å². The fourth-order valence-corrected chi connectivity index (χ4v) is 5.93. The van der Waals surface area contributed by atoms with Crippen LogP contribution in [0.5, 0.6) is 0 Å².